The molecule has 0 spiro atoms. The fourth-order valence-electron chi connectivity index (χ4n) is 2.04. The number of fused-ring (bicyclic) bond motifs is 1. The summed E-state index contributed by atoms with van der Waals surface area (Å²) in [6.45, 7) is 0. The van der Waals surface area contributed by atoms with E-state index in [1.165, 1.54) is 0 Å². The van der Waals surface area contributed by atoms with Crippen molar-refractivity contribution in [2.75, 3.05) is 0 Å². The van der Waals surface area contributed by atoms with Crippen molar-refractivity contribution in [3.05, 3.63) is 34.2 Å². The van der Waals surface area contributed by atoms with Gasteiger partial charge < -0.3 is 0 Å². The fraction of sp³-hybridized carbons (Fsp3) is 0.400. The van der Waals surface area contributed by atoms with E-state index in [0.717, 1.165) is 0 Å². The van der Waals surface area contributed by atoms with Gasteiger partial charge in [-0.1, -0.05) is 0 Å². The van der Waals surface area contributed by atoms with Crippen molar-refractivity contribution in [1.82, 2.24) is 0 Å². The highest BCUT2D eigenvalue weighted by Crippen LogP contribution is 2.64. The van der Waals surface area contributed by atoms with Crippen molar-refractivity contribution >= 4 is 0 Å². The topological polar surface area (TPSA) is 0 Å². The molecule has 2 aliphatic carbocycles. The zero-order chi connectivity index (χ0) is 17.5. The molecule has 0 bridgehead atoms. The van der Waals surface area contributed by atoms with E-state index in [1.54, 1.807) is 0 Å². The molecule has 124 valence electrons. The molecule has 0 atom stereocenters. The Hall–Kier alpha value is -1.62. The van der Waals surface area contributed by atoms with E-state index in [2.05, 4.69) is 0 Å². The fourth-order valence-corrected chi connectivity index (χ4v) is 2.04. The Balaban J connectivity index is 3.02. The van der Waals surface area contributed by atoms with Crippen molar-refractivity contribution in [3.63, 3.8) is 0 Å². The van der Waals surface area contributed by atoms with Crippen molar-refractivity contribution in [1.29, 1.82) is 0 Å². The Bertz CT molecular complexity index is 641. The van der Waals surface area contributed by atoms with Crippen molar-refractivity contribution in [2.45, 2.75) is 23.9 Å². The number of halogens is 12. The molecule has 0 fully saturated rings. The van der Waals surface area contributed by atoms with E-state index in [9.17, 15) is 52.7 Å². The summed E-state index contributed by atoms with van der Waals surface area (Å²) in [6.07, 6.45) is -6.35. The summed E-state index contributed by atoms with van der Waals surface area (Å²) in [5.74, 6) is -28.5. The van der Waals surface area contributed by atoms with Crippen LogP contribution in [0.3, 0.4) is 0 Å². The third-order valence-electron chi connectivity index (χ3n) is 2.99. The smallest absolute Gasteiger partial charge is 0.204 e. The maximum atomic E-state index is 13.3. The van der Waals surface area contributed by atoms with Crippen molar-refractivity contribution < 1.29 is 52.7 Å². The largest absolute Gasteiger partial charge is 0.419 e. The third kappa shape index (κ3) is 1.69. The van der Waals surface area contributed by atoms with Gasteiger partial charge in [0.05, 0.1) is 5.57 Å². The van der Waals surface area contributed by atoms with Gasteiger partial charge in [-0.2, -0.15) is 39.5 Å². The minimum atomic E-state index is -6.35. The van der Waals surface area contributed by atoms with Crippen LogP contribution in [0.2, 0.25) is 0 Å². The van der Waals surface area contributed by atoms with Gasteiger partial charge in [0.15, 0.2) is 11.7 Å². The first-order chi connectivity index (χ1) is 9.59. The lowest BCUT2D eigenvalue weighted by molar-refractivity contribution is -0.193. The summed E-state index contributed by atoms with van der Waals surface area (Å²) in [5.41, 5.74) is -9.78. The summed E-state index contributed by atoms with van der Waals surface area (Å²) < 4.78 is 156. The first kappa shape index (κ1) is 16.7. The van der Waals surface area contributed by atoms with Crippen LogP contribution in [0, 0.1) is 0 Å². The maximum absolute atomic E-state index is 13.3. The molecular weight excluding hydrogens is 348 g/mol. The first-order valence-electron chi connectivity index (χ1n) is 5.02. The molecule has 0 saturated heterocycles. The van der Waals surface area contributed by atoms with E-state index < -0.39 is 58.1 Å². The van der Waals surface area contributed by atoms with Gasteiger partial charge in [-0.3, -0.25) is 0 Å². The van der Waals surface area contributed by atoms with Gasteiger partial charge in [-0.25, -0.2) is 13.2 Å². The molecule has 0 unspecified atom stereocenters. The number of alkyl halides is 9. The normalized spacial score (nSPS) is 26.7. The second kappa shape index (κ2) is 4.02. The molecular formula is C10F12. The van der Waals surface area contributed by atoms with E-state index >= 15 is 0 Å². The Kier molecular flexibility index (Phi) is 3.06. The Morgan fingerprint density at radius 1 is 0.682 bits per heavy atom. The zero-order valence-electron chi connectivity index (χ0n) is 9.54. The number of rotatable bonds is 0. The molecule has 12 heteroatoms. The summed E-state index contributed by atoms with van der Waals surface area (Å²) in [5, 5.41) is 0. The van der Waals surface area contributed by atoms with Crippen LogP contribution in [0.25, 0.3) is 0 Å². The molecule has 0 radical (unpaired) electrons. The molecule has 0 amide bonds. The average Bonchev–Trinajstić information content (AvgIpc) is 2.48. The van der Waals surface area contributed by atoms with E-state index in [0.29, 0.717) is 0 Å². The van der Waals surface area contributed by atoms with E-state index in [4.69, 9.17) is 0 Å². The highest BCUT2D eigenvalue weighted by Gasteiger charge is 2.76. The number of allylic oxidation sites excluding steroid dienone is 6. The molecule has 2 rings (SSSR count). The van der Waals surface area contributed by atoms with Crippen LogP contribution in [0.4, 0.5) is 52.7 Å². The Labute approximate surface area is 112 Å². The predicted molar refractivity (Wildman–Crippen MR) is 45.3 cm³/mol. The van der Waals surface area contributed by atoms with Crippen molar-refractivity contribution in [3.8, 4) is 0 Å². The Morgan fingerprint density at radius 2 is 1.14 bits per heavy atom. The van der Waals surface area contributed by atoms with Gasteiger partial charge in [-0.05, 0) is 0 Å². The second-order valence-corrected chi connectivity index (χ2v) is 4.29. The lowest BCUT2D eigenvalue weighted by atomic mass is 9.94. The monoisotopic (exact) mass is 348 g/mol. The highest BCUT2D eigenvalue weighted by molar-refractivity contribution is 5.66. The molecule has 0 aromatic heterocycles. The third-order valence-corrected chi connectivity index (χ3v) is 2.99. The summed E-state index contributed by atoms with van der Waals surface area (Å²) in [7, 11) is 0. The van der Waals surface area contributed by atoms with Gasteiger partial charge in [0, 0.05) is 5.57 Å². The van der Waals surface area contributed by atoms with Crippen LogP contribution in [-0.4, -0.2) is 23.9 Å². The minimum Gasteiger partial charge on any atom is -0.204 e. The minimum absolute atomic E-state index is 2.94. The highest BCUT2D eigenvalue weighted by atomic mass is 19.4. The van der Waals surface area contributed by atoms with Crippen LogP contribution in [0.5, 0.6) is 0 Å². The zero-order valence-corrected chi connectivity index (χ0v) is 9.54. The van der Waals surface area contributed by atoms with Gasteiger partial charge in [0.1, 0.15) is 5.57 Å². The Morgan fingerprint density at radius 3 is 1.55 bits per heavy atom. The van der Waals surface area contributed by atoms with Crippen LogP contribution in [0.15, 0.2) is 34.2 Å². The lowest BCUT2D eigenvalue weighted by Gasteiger charge is -2.25. The molecule has 0 aromatic rings. The van der Waals surface area contributed by atoms with Gasteiger partial charge in [0.2, 0.25) is 5.83 Å². The van der Waals surface area contributed by atoms with Gasteiger partial charge in [0.25, 0.3) is 0 Å². The molecule has 0 heterocycles. The quantitative estimate of drug-likeness (QED) is 0.531. The molecule has 0 N–H and O–H groups in total. The van der Waals surface area contributed by atoms with Crippen LogP contribution >= 0.6 is 0 Å². The molecule has 0 aromatic carbocycles. The summed E-state index contributed by atoms with van der Waals surface area (Å²) >= 11 is 0. The predicted octanol–water partition coefficient (Wildman–Crippen LogP) is 5.15. The SMILES string of the molecule is FC1=C(F)C(F)(F)C(F)=C2C1=C(C(F)(F)F)C(F)(F)C2(F)F. The van der Waals surface area contributed by atoms with Crippen molar-refractivity contribution in [2.24, 2.45) is 0 Å². The number of hydrogen-bond donors (Lipinski definition) is 0. The van der Waals surface area contributed by atoms with Gasteiger partial charge in [-0.15, -0.1) is 0 Å². The van der Waals surface area contributed by atoms with E-state index in [1.807, 2.05) is 0 Å². The van der Waals surface area contributed by atoms with Gasteiger partial charge >= 0.3 is 23.9 Å². The molecule has 22 heavy (non-hydrogen) atoms. The standard InChI is InChI=1S/C10F12/c11-3-1-2(5(12)7(14,15)6(3)13)8(16,17)9(18,19)4(1)10(20,21)22. The summed E-state index contributed by atoms with van der Waals surface area (Å²) in [6, 6.07) is 0. The average molecular weight is 348 g/mol. The molecule has 2 aliphatic rings. The molecule has 0 saturated carbocycles. The van der Waals surface area contributed by atoms with Crippen LogP contribution < -0.4 is 0 Å². The molecule has 0 nitrogen and oxygen atoms in total. The summed E-state index contributed by atoms with van der Waals surface area (Å²) in [4.78, 5) is 0. The first-order valence-corrected chi connectivity index (χ1v) is 5.02. The molecule has 0 aliphatic heterocycles. The van der Waals surface area contributed by atoms with Crippen LogP contribution in [0.1, 0.15) is 0 Å². The number of hydrogen-bond acceptors (Lipinski definition) is 0. The second-order valence-electron chi connectivity index (χ2n) is 4.29. The van der Waals surface area contributed by atoms with E-state index in [-0.39, 0.29) is 0 Å². The van der Waals surface area contributed by atoms with Crippen LogP contribution in [-0.2, 0) is 0 Å². The lowest BCUT2D eigenvalue weighted by Crippen LogP contribution is -2.43. The maximum Gasteiger partial charge on any atom is 0.419 e.